The Balaban J connectivity index is 2.26. The van der Waals surface area contributed by atoms with Crippen LogP contribution in [-0.2, 0) is 0 Å². The second-order valence-electron chi connectivity index (χ2n) is 4.70. The summed E-state index contributed by atoms with van der Waals surface area (Å²) in [6.45, 7) is 3.66. The molecule has 0 aliphatic carbocycles. The summed E-state index contributed by atoms with van der Waals surface area (Å²) in [5.74, 6) is -1.24. The molecule has 2 rings (SSSR count). The molecule has 0 fully saturated rings. The SMILES string of the molecule is Cc1c(NC(C)c2cccc(F)c2)cccc1C(=O)O. The van der Waals surface area contributed by atoms with E-state index in [0.717, 1.165) is 11.3 Å². The van der Waals surface area contributed by atoms with Crippen LogP contribution in [0.25, 0.3) is 0 Å². The fourth-order valence-electron chi connectivity index (χ4n) is 2.12. The standard InChI is InChI=1S/C16H16FNO2/c1-10-14(16(19)20)7-4-8-15(10)18-11(2)12-5-3-6-13(17)9-12/h3-9,11,18H,1-2H3,(H,19,20). The summed E-state index contributed by atoms with van der Waals surface area (Å²) in [6.07, 6.45) is 0. The van der Waals surface area contributed by atoms with Gasteiger partial charge in [0.1, 0.15) is 5.82 Å². The summed E-state index contributed by atoms with van der Waals surface area (Å²) in [5, 5.41) is 12.3. The molecule has 2 aromatic rings. The lowest BCUT2D eigenvalue weighted by atomic mass is 10.0. The number of carboxylic acids is 1. The molecule has 3 nitrogen and oxygen atoms in total. The minimum Gasteiger partial charge on any atom is -0.478 e. The molecular weight excluding hydrogens is 257 g/mol. The highest BCUT2D eigenvalue weighted by molar-refractivity contribution is 5.91. The number of carbonyl (C=O) groups is 1. The summed E-state index contributed by atoms with van der Waals surface area (Å²) in [7, 11) is 0. The first-order valence-corrected chi connectivity index (χ1v) is 6.34. The Labute approximate surface area is 117 Å². The van der Waals surface area contributed by atoms with E-state index in [1.165, 1.54) is 12.1 Å². The van der Waals surface area contributed by atoms with Crippen LogP contribution in [0.3, 0.4) is 0 Å². The first kappa shape index (κ1) is 14.1. The number of anilines is 1. The summed E-state index contributed by atoms with van der Waals surface area (Å²) in [4.78, 5) is 11.1. The molecule has 20 heavy (non-hydrogen) atoms. The van der Waals surface area contributed by atoms with Crippen LogP contribution < -0.4 is 5.32 Å². The molecule has 2 N–H and O–H groups in total. The van der Waals surface area contributed by atoms with E-state index in [-0.39, 0.29) is 17.4 Å². The van der Waals surface area contributed by atoms with Crippen LogP contribution in [0.15, 0.2) is 42.5 Å². The van der Waals surface area contributed by atoms with Gasteiger partial charge in [-0.25, -0.2) is 9.18 Å². The predicted molar refractivity (Wildman–Crippen MR) is 76.6 cm³/mol. The number of aromatic carboxylic acids is 1. The number of hydrogen-bond donors (Lipinski definition) is 2. The van der Waals surface area contributed by atoms with Crippen LogP contribution in [0.5, 0.6) is 0 Å². The largest absolute Gasteiger partial charge is 0.478 e. The van der Waals surface area contributed by atoms with Gasteiger partial charge in [-0.15, -0.1) is 0 Å². The molecule has 0 radical (unpaired) electrons. The van der Waals surface area contributed by atoms with Crippen molar-refractivity contribution in [1.82, 2.24) is 0 Å². The molecule has 104 valence electrons. The summed E-state index contributed by atoms with van der Waals surface area (Å²) in [5.41, 5.74) is 2.48. The predicted octanol–water partition coefficient (Wildman–Crippen LogP) is 4.01. The third-order valence-corrected chi connectivity index (χ3v) is 3.28. The van der Waals surface area contributed by atoms with E-state index in [4.69, 9.17) is 5.11 Å². The van der Waals surface area contributed by atoms with Crippen molar-refractivity contribution in [2.24, 2.45) is 0 Å². The zero-order chi connectivity index (χ0) is 14.7. The number of hydrogen-bond acceptors (Lipinski definition) is 2. The van der Waals surface area contributed by atoms with Gasteiger partial charge >= 0.3 is 5.97 Å². The molecule has 0 saturated heterocycles. The van der Waals surface area contributed by atoms with Crippen molar-refractivity contribution in [3.8, 4) is 0 Å². The quantitative estimate of drug-likeness (QED) is 0.885. The Hall–Kier alpha value is -2.36. The molecule has 1 unspecified atom stereocenters. The van der Waals surface area contributed by atoms with Crippen LogP contribution in [0.2, 0.25) is 0 Å². The fraction of sp³-hybridized carbons (Fsp3) is 0.188. The van der Waals surface area contributed by atoms with E-state index in [9.17, 15) is 9.18 Å². The number of halogens is 1. The van der Waals surface area contributed by atoms with E-state index in [2.05, 4.69) is 5.32 Å². The summed E-state index contributed by atoms with van der Waals surface area (Å²) < 4.78 is 13.2. The van der Waals surface area contributed by atoms with Crippen LogP contribution in [0.1, 0.15) is 34.5 Å². The monoisotopic (exact) mass is 273 g/mol. The second kappa shape index (κ2) is 5.74. The molecule has 0 heterocycles. The van der Waals surface area contributed by atoms with E-state index in [1.807, 2.05) is 19.1 Å². The highest BCUT2D eigenvalue weighted by Crippen LogP contribution is 2.24. The van der Waals surface area contributed by atoms with Gasteiger partial charge in [0.25, 0.3) is 0 Å². The van der Waals surface area contributed by atoms with Gasteiger partial charge in [-0.1, -0.05) is 18.2 Å². The van der Waals surface area contributed by atoms with Crippen molar-refractivity contribution in [3.05, 3.63) is 65.0 Å². The third kappa shape index (κ3) is 2.96. The van der Waals surface area contributed by atoms with Gasteiger partial charge in [0.15, 0.2) is 0 Å². The smallest absolute Gasteiger partial charge is 0.336 e. The molecule has 0 spiro atoms. The van der Waals surface area contributed by atoms with Gasteiger partial charge in [-0.3, -0.25) is 0 Å². The molecular formula is C16H16FNO2. The topological polar surface area (TPSA) is 49.3 Å². The Morgan fingerprint density at radius 2 is 1.95 bits per heavy atom. The maximum absolute atomic E-state index is 13.2. The summed E-state index contributed by atoms with van der Waals surface area (Å²) in [6, 6.07) is 11.3. The zero-order valence-electron chi connectivity index (χ0n) is 11.4. The number of rotatable bonds is 4. The number of carboxylic acid groups (broad SMARTS) is 1. The van der Waals surface area contributed by atoms with Crippen molar-refractivity contribution in [2.45, 2.75) is 19.9 Å². The molecule has 0 amide bonds. The second-order valence-corrected chi connectivity index (χ2v) is 4.70. The first-order chi connectivity index (χ1) is 9.49. The van der Waals surface area contributed by atoms with Gasteiger partial charge in [-0.05, 0) is 49.2 Å². The molecule has 0 aliphatic heterocycles. The molecule has 2 aromatic carbocycles. The number of nitrogens with one attached hydrogen (secondary N) is 1. The Bertz CT molecular complexity index is 640. The molecule has 1 atom stereocenters. The highest BCUT2D eigenvalue weighted by atomic mass is 19.1. The van der Waals surface area contributed by atoms with E-state index in [0.29, 0.717) is 5.56 Å². The van der Waals surface area contributed by atoms with Crippen LogP contribution >= 0.6 is 0 Å². The van der Waals surface area contributed by atoms with Gasteiger partial charge in [0.2, 0.25) is 0 Å². The van der Waals surface area contributed by atoms with Gasteiger partial charge in [0, 0.05) is 11.7 Å². The third-order valence-electron chi connectivity index (χ3n) is 3.28. The fourth-order valence-corrected chi connectivity index (χ4v) is 2.12. The highest BCUT2D eigenvalue weighted by Gasteiger charge is 2.12. The lowest BCUT2D eigenvalue weighted by Gasteiger charge is -2.18. The van der Waals surface area contributed by atoms with Gasteiger partial charge in [0.05, 0.1) is 5.56 Å². The zero-order valence-corrected chi connectivity index (χ0v) is 11.4. The van der Waals surface area contributed by atoms with Crippen LogP contribution in [0.4, 0.5) is 10.1 Å². The molecule has 0 bridgehead atoms. The van der Waals surface area contributed by atoms with Crippen molar-refractivity contribution in [2.75, 3.05) is 5.32 Å². The van der Waals surface area contributed by atoms with E-state index >= 15 is 0 Å². The molecule has 0 saturated carbocycles. The average Bonchev–Trinajstić information content (AvgIpc) is 2.40. The molecule has 0 aromatic heterocycles. The van der Waals surface area contributed by atoms with Crippen LogP contribution in [-0.4, -0.2) is 11.1 Å². The van der Waals surface area contributed by atoms with Crippen molar-refractivity contribution in [3.63, 3.8) is 0 Å². The van der Waals surface area contributed by atoms with Crippen molar-refractivity contribution in [1.29, 1.82) is 0 Å². The van der Waals surface area contributed by atoms with Crippen LogP contribution in [0, 0.1) is 12.7 Å². The molecule has 0 aliphatic rings. The normalized spacial score (nSPS) is 11.9. The minimum atomic E-state index is -0.954. The lowest BCUT2D eigenvalue weighted by Crippen LogP contribution is -2.10. The Morgan fingerprint density at radius 3 is 2.60 bits per heavy atom. The lowest BCUT2D eigenvalue weighted by molar-refractivity contribution is 0.0696. The van der Waals surface area contributed by atoms with E-state index in [1.54, 1.807) is 25.1 Å². The minimum absolute atomic E-state index is 0.117. The Kier molecular flexibility index (Phi) is 4.03. The van der Waals surface area contributed by atoms with E-state index < -0.39 is 5.97 Å². The Morgan fingerprint density at radius 1 is 1.25 bits per heavy atom. The maximum Gasteiger partial charge on any atom is 0.336 e. The molecule has 4 heteroatoms. The van der Waals surface area contributed by atoms with Crippen molar-refractivity contribution < 1.29 is 14.3 Å². The average molecular weight is 273 g/mol. The van der Waals surface area contributed by atoms with Gasteiger partial charge in [-0.2, -0.15) is 0 Å². The van der Waals surface area contributed by atoms with Gasteiger partial charge < -0.3 is 10.4 Å². The van der Waals surface area contributed by atoms with Crippen molar-refractivity contribution >= 4 is 11.7 Å². The number of benzene rings is 2. The maximum atomic E-state index is 13.2. The first-order valence-electron chi connectivity index (χ1n) is 6.34. The summed E-state index contributed by atoms with van der Waals surface area (Å²) >= 11 is 0.